The number of hydrogen-bond donors (Lipinski definition) is 1. The van der Waals surface area contributed by atoms with Crippen LogP contribution in [0.25, 0.3) is 11.0 Å². The van der Waals surface area contributed by atoms with E-state index < -0.39 is 18.9 Å². The summed E-state index contributed by atoms with van der Waals surface area (Å²) < 4.78 is 29.1. The Kier molecular flexibility index (Phi) is 4.39. The molecule has 7 heteroatoms. The minimum atomic E-state index is -2.45. The summed E-state index contributed by atoms with van der Waals surface area (Å²) in [6.07, 6.45) is -1.10. The topological polar surface area (TPSA) is 64.1 Å². The smallest absolute Gasteiger partial charge is 0.339 e. The molecular weight excluding hydrogens is 268 g/mol. The zero-order valence-corrected chi connectivity index (χ0v) is 10.8. The molecule has 0 amide bonds. The first kappa shape index (κ1) is 14.1. The third-order valence-corrected chi connectivity index (χ3v) is 2.49. The van der Waals surface area contributed by atoms with Crippen molar-refractivity contribution in [2.45, 2.75) is 13.3 Å². The minimum absolute atomic E-state index is 0.283. The van der Waals surface area contributed by atoms with Crippen LogP contribution in [0.4, 0.5) is 14.6 Å². The Morgan fingerprint density at radius 2 is 2.25 bits per heavy atom. The Morgan fingerprint density at radius 3 is 2.95 bits per heavy atom. The zero-order valence-electron chi connectivity index (χ0n) is 10.8. The molecular formula is C13H13F2N3O2. The second kappa shape index (κ2) is 6.23. The van der Waals surface area contributed by atoms with Gasteiger partial charge in [-0.2, -0.15) is 0 Å². The fourth-order valence-corrected chi connectivity index (χ4v) is 1.62. The zero-order chi connectivity index (χ0) is 14.5. The molecule has 0 atom stereocenters. The van der Waals surface area contributed by atoms with Crippen LogP contribution >= 0.6 is 0 Å². The molecule has 0 unspecified atom stereocenters. The van der Waals surface area contributed by atoms with E-state index in [4.69, 9.17) is 4.74 Å². The molecule has 2 heterocycles. The van der Waals surface area contributed by atoms with Crippen molar-refractivity contribution in [3.05, 3.63) is 30.0 Å². The molecule has 2 rings (SSSR count). The van der Waals surface area contributed by atoms with E-state index in [-0.39, 0.29) is 6.61 Å². The highest BCUT2D eigenvalue weighted by Gasteiger charge is 2.09. The molecule has 0 aliphatic heterocycles. The lowest BCUT2D eigenvalue weighted by Crippen LogP contribution is -2.11. The summed E-state index contributed by atoms with van der Waals surface area (Å²) in [5.74, 6) is -0.143. The Morgan fingerprint density at radius 1 is 1.45 bits per heavy atom. The maximum atomic E-state index is 12.1. The Hall–Kier alpha value is -2.31. The van der Waals surface area contributed by atoms with E-state index >= 15 is 0 Å². The lowest BCUT2D eigenvalue weighted by Gasteiger charge is -2.06. The van der Waals surface area contributed by atoms with Crippen molar-refractivity contribution in [3.63, 3.8) is 0 Å². The van der Waals surface area contributed by atoms with E-state index in [2.05, 4.69) is 15.3 Å². The lowest BCUT2D eigenvalue weighted by atomic mass is 10.2. The lowest BCUT2D eigenvalue weighted by molar-refractivity contribution is 0.0526. The molecule has 106 valence electrons. The number of halogens is 2. The van der Waals surface area contributed by atoms with Gasteiger partial charge in [-0.25, -0.2) is 23.5 Å². The van der Waals surface area contributed by atoms with E-state index in [1.54, 1.807) is 25.1 Å². The second-order valence-electron chi connectivity index (χ2n) is 3.96. The number of pyridine rings is 2. The molecule has 0 aromatic carbocycles. The van der Waals surface area contributed by atoms with Gasteiger partial charge in [0.1, 0.15) is 5.82 Å². The monoisotopic (exact) mass is 281 g/mol. The van der Waals surface area contributed by atoms with E-state index in [1.165, 1.54) is 6.20 Å². The van der Waals surface area contributed by atoms with Crippen LogP contribution in [0.2, 0.25) is 0 Å². The largest absolute Gasteiger partial charge is 0.462 e. The van der Waals surface area contributed by atoms with Crippen molar-refractivity contribution in [3.8, 4) is 0 Å². The maximum Gasteiger partial charge on any atom is 0.339 e. The summed E-state index contributed by atoms with van der Waals surface area (Å²) in [6, 6.07) is 4.82. The third-order valence-electron chi connectivity index (χ3n) is 2.49. The van der Waals surface area contributed by atoms with Gasteiger partial charge in [0.2, 0.25) is 0 Å². The standard InChI is InChI=1S/C13H13F2N3O2/c1-2-20-13(19)9-5-8-3-4-11(16-7-10(14)15)18-12(8)17-6-9/h3-6,10H,2,7H2,1H3,(H,16,17,18). The molecule has 20 heavy (non-hydrogen) atoms. The first-order chi connectivity index (χ1) is 9.60. The number of carbonyl (C=O) groups excluding carboxylic acids is 1. The Balaban J connectivity index is 2.23. The molecule has 0 spiro atoms. The number of esters is 1. The van der Waals surface area contributed by atoms with E-state index in [9.17, 15) is 13.6 Å². The van der Waals surface area contributed by atoms with Gasteiger partial charge in [0.15, 0.2) is 5.65 Å². The molecule has 2 aromatic heterocycles. The van der Waals surface area contributed by atoms with Crippen LogP contribution in [0.1, 0.15) is 17.3 Å². The van der Waals surface area contributed by atoms with E-state index in [0.717, 1.165) is 0 Å². The summed E-state index contributed by atoms with van der Waals surface area (Å²) in [6.45, 7) is 1.53. The van der Waals surface area contributed by atoms with Gasteiger partial charge in [-0.3, -0.25) is 0 Å². The Labute approximate surface area is 114 Å². The highest BCUT2D eigenvalue weighted by molar-refractivity contribution is 5.93. The molecule has 0 saturated carbocycles. The number of fused-ring (bicyclic) bond motifs is 1. The van der Waals surface area contributed by atoms with Crippen LogP contribution in [0, 0.1) is 0 Å². The minimum Gasteiger partial charge on any atom is -0.462 e. The normalized spacial score (nSPS) is 10.8. The van der Waals surface area contributed by atoms with E-state index in [1.807, 2.05) is 0 Å². The summed E-state index contributed by atoms with van der Waals surface area (Å²) in [5.41, 5.74) is 0.701. The van der Waals surface area contributed by atoms with Gasteiger partial charge in [-0.15, -0.1) is 0 Å². The number of carbonyl (C=O) groups is 1. The van der Waals surface area contributed by atoms with Gasteiger partial charge in [0.25, 0.3) is 6.43 Å². The van der Waals surface area contributed by atoms with Gasteiger partial charge in [-0.05, 0) is 25.1 Å². The van der Waals surface area contributed by atoms with Crippen molar-refractivity contribution in [2.75, 3.05) is 18.5 Å². The Bertz CT molecular complexity index is 620. The number of hydrogen-bond acceptors (Lipinski definition) is 5. The average molecular weight is 281 g/mol. The van der Waals surface area contributed by atoms with Crippen LogP contribution in [0.15, 0.2) is 24.4 Å². The van der Waals surface area contributed by atoms with Crippen molar-refractivity contribution in [2.24, 2.45) is 0 Å². The van der Waals surface area contributed by atoms with Crippen molar-refractivity contribution in [1.29, 1.82) is 0 Å². The predicted molar refractivity (Wildman–Crippen MR) is 70.0 cm³/mol. The molecule has 0 aliphatic carbocycles. The number of anilines is 1. The predicted octanol–water partition coefficient (Wildman–Crippen LogP) is 2.48. The molecule has 0 aliphatic rings. The first-order valence-corrected chi connectivity index (χ1v) is 6.06. The summed E-state index contributed by atoms with van der Waals surface area (Å²) >= 11 is 0. The highest BCUT2D eigenvalue weighted by Crippen LogP contribution is 2.15. The second-order valence-corrected chi connectivity index (χ2v) is 3.96. The SMILES string of the molecule is CCOC(=O)c1cnc2nc(NCC(F)F)ccc2c1. The van der Waals surface area contributed by atoms with E-state index in [0.29, 0.717) is 22.4 Å². The van der Waals surface area contributed by atoms with Crippen LogP contribution in [-0.4, -0.2) is 35.5 Å². The summed E-state index contributed by atoms with van der Waals surface area (Å²) in [5, 5.41) is 3.14. The fourth-order valence-electron chi connectivity index (χ4n) is 1.62. The molecule has 5 nitrogen and oxygen atoms in total. The van der Waals surface area contributed by atoms with Crippen molar-refractivity contribution >= 4 is 22.8 Å². The molecule has 0 radical (unpaired) electrons. The first-order valence-electron chi connectivity index (χ1n) is 6.06. The number of ether oxygens (including phenoxy) is 1. The molecule has 2 aromatic rings. The quantitative estimate of drug-likeness (QED) is 0.853. The fraction of sp³-hybridized carbons (Fsp3) is 0.308. The van der Waals surface area contributed by atoms with Gasteiger partial charge < -0.3 is 10.1 Å². The third kappa shape index (κ3) is 3.37. The number of nitrogens with zero attached hydrogens (tertiary/aromatic N) is 2. The van der Waals surface area contributed by atoms with Gasteiger partial charge in [0.05, 0.1) is 18.7 Å². The van der Waals surface area contributed by atoms with Crippen LogP contribution < -0.4 is 5.32 Å². The average Bonchev–Trinajstić information content (AvgIpc) is 2.44. The number of nitrogens with one attached hydrogen (secondary N) is 1. The molecule has 0 saturated heterocycles. The number of alkyl halides is 2. The highest BCUT2D eigenvalue weighted by atomic mass is 19.3. The van der Waals surface area contributed by atoms with Crippen LogP contribution in [-0.2, 0) is 4.74 Å². The van der Waals surface area contributed by atoms with Gasteiger partial charge >= 0.3 is 5.97 Å². The van der Waals surface area contributed by atoms with Gasteiger partial charge in [-0.1, -0.05) is 0 Å². The molecule has 0 bridgehead atoms. The van der Waals surface area contributed by atoms with Gasteiger partial charge in [0, 0.05) is 11.6 Å². The summed E-state index contributed by atoms with van der Waals surface area (Å²) in [7, 11) is 0. The number of rotatable bonds is 5. The maximum absolute atomic E-state index is 12.1. The molecule has 1 N–H and O–H groups in total. The summed E-state index contributed by atoms with van der Waals surface area (Å²) in [4.78, 5) is 19.7. The number of aromatic nitrogens is 2. The van der Waals surface area contributed by atoms with Crippen LogP contribution in [0.5, 0.6) is 0 Å². The van der Waals surface area contributed by atoms with Crippen molar-refractivity contribution < 1.29 is 18.3 Å². The van der Waals surface area contributed by atoms with Crippen molar-refractivity contribution in [1.82, 2.24) is 9.97 Å². The molecule has 0 fully saturated rings. The van der Waals surface area contributed by atoms with Crippen LogP contribution in [0.3, 0.4) is 0 Å².